The van der Waals surface area contributed by atoms with E-state index in [-0.39, 0.29) is 0 Å². The molecule has 1 aromatic carbocycles. The summed E-state index contributed by atoms with van der Waals surface area (Å²) < 4.78 is 39.7. The largest absolute Gasteiger partial charge is 0.416 e. The van der Waals surface area contributed by atoms with Crippen LogP contribution in [0, 0.1) is 0 Å². The minimum absolute atomic E-state index is 0.323. The van der Waals surface area contributed by atoms with Crippen LogP contribution >= 0.6 is 0 Å². The molecule has 0 atom stereocenters. The summed E-state index contributed by atoms with van der Waals surface area (Å²) in [4.78, 5) is 4.14. The zero-order valence-electron chi connectivity index (χ0n) is 9.04. The Bertz CT molecular complexity index is 552. The highest BCUT2D eigenvalue weighted by Crippen LogP contribution is 2.36. The van der Waals surface area contributed by atoms with Crippen molar-refractivity contribution in [3.8, 4) is 0 Å². The molecule has 0 spiro atoms. The maximum Gasteiger partial charge on any atom is 0.416 e. The molecule has 0 N–H and O–H groups in total. The second-order valence-electron chi connectivity index (χ2n) is 4.44. The summed E-state index contributed by atoms with van der Waals surface area (Å²) in [7, 11) is 0. The van der Waals surface area contributed by atoms with Crippen molar-refractivity contribution in [1.82, 2.24) is 9.55 Å². The molecule has 0 aliphatic heterocycles. The Morgan fingerprint density at radius 3 is 2.59 bits per heavy atom. The Labute approximate surface area is 96.1 Å². The van der Waals surface area contributed by atoms with E-state index in [4.69, 9.17) is 0 Å². The number of rotatable bonds is 1. The number of imidazole rings is 1. The van der Waals surface area contributed by atoms with Gasteiger partial charge in [0.2, 0.25) is 0 Å². The Hall–Kier alpha value is -1.52. The number of aromatic nitrogens is 2. The van der Waals surface area contributed by atoms with Crippen molar-refractivity contribution in [1.29, 1.82) is 0 Å². The van der Waals surface area contributed by atoms with Gasteiger partial charge in [0.05, 0.1) is 22.9 Å². The monoisotopic (exact) mass is 240 g/mol. The molecule has 0 bridgehead atoms. The first kappa shape index (κ1) is 10.6. The van der Waals surface area contributed by atoms with Crippen LogP contribution in [0.4, 0.5) is 13.2 Å². The minimum Gasteiger partial charge on any atom is -0.327 e. The van der Waals surface area contributed by atoms with Crippen LogP contribution in [-0.2, 0) is 6.18 Å². The van der Waals surface area contributed by atoms with Crippen LogP contribution in [0.25, 0.3) is 11.0 Å². The lowest BCUT2D eigenvalue weighted by Crippen LogP contribution is -2.16. The highest BCUT2D eigenvalue weighted by molar-refractivity contribution is 5.76. The summed E-state index contributed by atoms with van der Waals surface area (Å²) >= 11 is 0. The van der Waals surface area contributed by atoms with Crippen molar-refractivity contribution in [2.24, 2.45) is 0 Å². The first-order valence-corrected chi connectivity index (χ1v) is 5.59. The summed E-state index contributed by atoms with van der Waals surface area (Å²) in [5.41, 5.74) is 0.612. The van der Waals surface area contributed by atoms with Crippen LogP contribution in [0.5, 0.6) is 0 Å². The van der Waals surface area contributed by atoms with Crippen molar-refractivity contribution in [3.63, 3.8) is 0 Å². The highest BCUT2D eigenvalue weighted by Gasteiger charge is 2.31. The van der Waals surface area contributed by atoms with Crippen molar-refractivity contribution >= 4 is 11.0 Å². The van der Waals surface area contributed by atoms with E-state index in [2.05, 4.69) is 4.98 Å². The molecule has 3 rings (SSSR count). The second-order valence-corrected chi connectivity index (χ2v) is 4.44. The third-order valence-corrected chi connectivity index (χ3v) is 3.37. The Morgan fingerprint density at radius 1 is 1.24 bits per heavy atom. The van der Waals surface area contributed by atoms with Gasteiger partial charge in [-0.25, -0.2) is 4.98 Å². The molecule has 1 saturated carbocycles. The molecule has 1 heterocycles. The number of benzene rings is 1. The van der Waals surface area contributed by atoms with Crippen LogP contribution in [0.1, 0.15) is 30.9 Å². The van der Waals surface area contributed by atoms with Crippen molar-refractivity contribution < 1.29 is 13.2 Å². The Balaban J connectivity index is 2.12. The predicted octanol–water partition coefficient (Wildman–Crippen LogP) is 3.78. The molecule has 2 aromatic rings. The molecule has 90 valence electrons. The highest BCUT2D eigenvalue weighted by atomic mass is 19.4. The molecular weight excluding hydrogens is 229 g/mol. The average Bonchev–Trinajstić information content (AvgIpc) is 2.57. The normalized spacial score (nSPS) is 17.4. The first-order chi connectivity index (χ1) is 8.05. The fraction of sp³-hybridized carbons (Fsp3) is 0.417. The first-order valence-electron chi connectivity index (χ1n) is 5.59. The molecule has 1 aliphatic rings. The van der Waals surface area contributed by atoms with E-state index in [1.54, 1.807) is 6.33 Å². The lowest BCUT2D eigenvalue weighted by atomic mass is 9.93. The number of fused-ring (bicyclic) bond motifs is 1. The molecule has 0 amide bonds. The van der Waals surface area contributed by atoms with Gasteiger partial charge in [-0.3, -0.25) is 0 Å². The zero-order chi connectivity index (χ0) is 12.0. The Kier molecular flexibility index (Phi) is 2.18. The maximum atomic E-state index is 12.6. The molecule has 1 aliphatic carbocycles. The molecule has 0 saturated heterocycles. The summed E-state index contributed by atoms with van der Waals surface area (Å²) in [6.45, 7) is 0. The lowest BCUT2D eigenvalue weighted by molar-refractivity contribution is -0.137. The topological polar surface area (TPSA) is 17.8 Å². The summed E-state index contributed by atoms with van der Waals surface area (Å²) in [6.07, 6.45) is 0.560. The van der Waals surface area contributed by atoms with Crippen molar-refractivity contribution in [2.45, 2.75) is 31.5 Å². The van der Waals surface area contributed by atoms with E-state index in [9.17, 15) is 13.2 Å². The number of nitrogens with zero attached hydrogens (tertiary/aromatic N) is 2. The van der Waals surface area contributed by atoms with Gasteiger partial charge in [0, 0.05) is 6.04 Å². The molecule has 1 aromatic heterocycles. The van der Waals surface area contributed by atoms with E-state index < -0.39 is 11.7 Å². The quantitative estimate of drug-likeness (QED) is 0.741. The van der Waals surface area contributed by atoms with Gasteiger partial charge in [0.1, 0.15) is 0 Å². The van der Waals surface area contributed by atoms with Gasteiger partial charge >= 0.3 is 6.18 Å². The van der Waals surface area contributed by atoms with Crippen molar-refractivity contribution in [2.75, 3.05) is 0 Å². The summed E-state index contributed by atoms with van der Waals surface area (Å²) in [6, 6.07) is 4.04. The van der Waals surface area contributed by atoms with Gasteiger partial charge < -0.3 is 4.57 Å². The van der Waals surface area contributed by atoms with Crippen molar-refractivity contribution in [3.05, 3.63) is 30.1 Å². The molecule has 1 fully saturated rings. The van der Waals surface area contributed by atoms with Crippen LogP contribution < -0.4 is 0 Å². The molecular formula is C12H11F3N2. The molecule has 5 heteroatoms. The number of alkyl halides is 3. The molecule has 17 heavy (non-hydrogen) atoms. The predicted molar refractivity (Wildman–Crippen MR) is 57.6 cm³/mol. The molecule has 0 unspecified atom stereocenters. The Morgan fingerprint density at radius 2 is 2.00 bits per heavy atom. The van der Waals surface area contributed by atoms with Gasteiger partial charge in [0.25, 0.3) is 0 Å². The third-order valence-electron chi connectivity index (χ3n) is 3.37. The number of hydrogen-bond acceptors (Lipinski definition) is 1. The second kappa shape index (κ2) is 3.48. The third kappa shape index (κ3) is 1.69. The fourth-order valence-electron chi connectivity index (χ4n) is 2.16. The van der Waals surface area contributed by atoms with E-state index in [1.807, 2.05) is 4.57 Å². The smallest absolute Gasteiger partial charge is 0.327 e. The van der Waals surface area contributed by atoms with Gasteiger partial charge in [-0.05, 0) is 37.5 Å². The standard InChI is InChI=1S/C12H11F3N2/c13-12(14,15)8-4-5-10-11(6-8)17(7-16-10)9-2-1-3-9/h4-7,9H,1-3H2. The van der Waals surface area contributed by atoms with E-state index in [0.717, 1.165) is 25.3 Å². The van der Waals surface area contributed by atoms with Crippen LogP contribution in [0.3, 0.4) is 0 Å². The van der Waals surface area contributed by atoms with Gasteiger partial charge in [-0.2, -0.15) is 13.2 Å². The van der Waals surface area contributed by atoms with Crippen LogP contribution in [-0.4, -0.2) is 9.55 Å². The van der Waals surface area contributed by atoms with Gasteiger partial charge in [0.15, 0.2) is 0 Å². The zero-order valence-corrected chi connectivity index (χ0v) is 9.04. The minimum atomic E-state index is -4.29. The SMILES string of the molecule is FC(F)(F)c1ccc2ncn(C3CCC3)c2c1. The number of hydrogen-bond donors (Lipinski definition) is 0. The number of halogens is 3. The summed E-state index contributed by atoms with van der Waals surface area (Å²) in [5.74, 6) is 0. The maximum absolute atomic E-state index is 12.6. The van der Waals surface area contributed by atoms with Crippen LogP contribution in [0.2, 0.25) is 0 Å². The summed E-state index contributed by atoms with van der Waals surface area (Å²) in [5, 5.41) is 0. The average molecular weight is 240 g/mol. The van der Waals surface area contributed by atoms with Crippen LogP contribution in [0.15, 0.2) is 24.5 Å². The van der Waals surface area contributed by atoms with Gasteiger partial charge in [-0.15, -0.1) is 0 Å². The van der Waals surface area contributed by atoms with E-state index >= 15 is 0 Å². The van der Waals surface area contributed by atoms with Gasteiger partial charge in [-0.1, -0.05) is 0 Å². The fourth-order valence-corrected chi connectivity index (χ4v) is 2.16. The van der Waals surface area contributed by atoms with E-state index in [0.29, 0.717) is 17.1 Å². The lowest BCUT2D eigenvalue weighted by Gasteiger charge is -2.27. The molecule has 2 nitrogen and oxygen atoms in total. The molecule has 0 radical (unpaired) electrons. The van der Waals surface area contributed by atoms with E-state index in [1.165, 1.54) is 12.1 Å².